The minimum absolute atomic E-state index is 0.0647. The maximum Gasteiger partial charge on any atom is 0.350 e. The summed E-state index contributed by atoms with van der Waals surface area (Å²) < 4.78 is 16.9. The number of nitrogens with zero attached hydrogens (tertiary/aromatic N) is 1. The van der Waals surface area contributed by atoms with Crippen molar-refractivity contribution in [3.8, 4) is 5.75 Å². The Labute approximate surface area is 184 Å². The van der Waals surface area contributed by atoms with Crippen LogP contribution in [0.2, 0.25) is 0 Å². The number of hydrogen-bond donors (Lipinski definition) is 0. The van der Waals surface area contributed by atoms with Crippen LogP contribution in [0.4, 0.5) is 5.69 Å². The first-order chi connectivity index (χ1) is 14.7. The van der Waals surface area contributed by atoms with E-state index < -0.39 is 28.9 Å². The number of esters is 3. The van der Waals surface area contributed by atoms with Crippen molar-refractivity contribution in [2.75, 3.05) is 11.5 Å². The lowest BCUT2D eigenvalue weighted by Gasteiger charge is -2.52. The summed E-state index contributed by atoms with van der Waals surface area (Å²) >= 11 is 0. The third-order valence-corrected chi connectivity index (χ3v) is 6.31. The number of carbonyl (C=O) groups is 3. The van der Waals surface area contributed by atoms with Gasteiger partial charge in [0.15, 0.2) is 5.75 Å². The molecule has 1 fully saturated rings. The van der Waals surface area contributed by atoms with Crippen LogP contribution in [0.5, 0.6) is 5.75 Å². The number of anilines is 1. The van der Waals surface area contributed by atoms with Gasteiger partial charge in [-0.2, -0.15) is 0 Å². The molecule has 1 atom stereocenters. The highest BCUT2D eigenvalue weighted by Gasteiger charge is 2.70. The number of fused-ring (bicyclic) bond motifs is 1. The largest absolute Gasteiger partial charge is 0.464 e. The summed E-state index contributed by atoms with van der Waals surface area (Å²) in [5, 5.41) is 0. The minimum atomic E-state index is -2.02. The van der Waals surface area contributed by atoms with Gasteiger partial charge in [-0.1, -0.05) is 18.6 Å². The third kappa shape index (κ3) is 3.79. The summed E-state index contributed by atoms with van der Waals surface area (Å²) in [5.41, 5.74) is -3.02. The molecule has 1 aliphatic carbocycles. The molecule has 1 aliphatic heterocycles. The summed E-state index contributed by atoms with van der Waals surface area (Å²) in [4.78, 5) is 42.3. The van der Waals surface area contributed by atoms with Crippen LogP contribution >= 0.6 is 0 Å². The van der Waals surface area contributed by atoms with Gasteiger partial charge in [-0.05, 0) is 72.4 Å². The number of rotatable bonds is 6. The van der Waals surface area contributed by atoms with E-state index in [1.54, 1.807) is 49.9 Å². The first-order valence-electron chi connectivity index (χ1n) is 11.2. The van der Waals surface area contributed by atoms with E-state index in [1.165, 1.54) is 0 Å². The van der Waals surface area contributed by atoms with E-state index in [4.69, 9.17) is 14.2 Å². The molecule has 31 heavy (non-hydrogen) atoms. The molecule has 0 spiro atoms. The number of carbonyl (C=O) groups excluding carboxylic acids is 3. The van der Waals surface area contributed by atoms with Crippen LogP contribution in [-0.4, -0.2) is 42.2 Å². The zero-order chi connectivity index (χ0) is 22.8. The van der Waals surface area contributed by atoms with Crippen molar-refractivity contribution in [1.29, 1.82) is 0 Å². The molecular formula is C24H33NO6. The molecule has 3 rings (SSSR count). The fourth-order valence-corrected chi connectivity index (χ4v) is 4.72. The summed E-state index contributed by atoms with van der Waals surface area (Å²) in [6.07, 6.45) is 4.47. The average Bonchev–Trinajstić information content (AvgIpc) is 2.73. The quantitative estimate of drug-likeness (QED) is 0.382. The van der Waals surface area contributed by atoms with E-state index in [0.29, 0.717) is 11.4 Å². The fourth-order valence-electron chi connectivity index (χ4n) is 4.72. The topological polar surface area (TPSA) is 82.1 Å². The molecule has 1 heterocycles. The Morgan fingerprint density at radius 2 is 1.84 bits per heavy atom. The van der Waals surface area contributed by atoms with Crippen LogP contribution in [0.25, 0.3) is 0 Å². The van der Waals surface area contributed by atoms with Gasteiger partial charge in [-0.3, -0.25) is 4.79 Å². The highest BCUT2D eigenvalue weighted by molar-refractivity contribution is 6.15. The molecule has 7 nitrogen and oxygen atoms in total. The SMILES string of the molecule is CCOC(=O)C1(C(C)(C)C(=O)OC2CCCCC2)C(=O)Oc2ccccc2N1C(C)C. The Kier molecular flexibility index (Phi) is 6.62. The lowest BCUT2D eigenvalue weighted by atomic mass is 9.69. The lowest BCUT2D eigenvalue weighted by molar-refractivity contribution is -0.182. The van der Waals surface area contributed by atoms with E-state index in [0.717, 1.165) is 32.1 Å². The van der Waals surface area contributed by atoms with Gasteiger partial charge in [0.05, 0.1) is 12.3 Å². The Morgan fingerprint density at radius 1 is 1.19 bits per heavy atom. The molecule has 0 radical (unpaired) electrons. The normalized spacial score (nSPS) is 22.0. The molecule has 1 aromatic carbocycles. The minimum Gasteiger partial charge on any atom is -0.464 e. The van der Waals surface area contributed by atoms with Crippen molar-refractivity contribution in [2.24, 2.45) is 5.41 Å². The van der Waals surface area contributed by atoms with E-state index in [9.17, 15) is 14.4 Å². The van der Waals surface area contributed by atoms with Crippen molar-refractivity contribution in [2.45, 2.75) is 84.4 Å². The fraction of sp³-hybridized carbons (Fsp3) is 0.625. The second-order valence-corrected chi connectivity index (χ2v) is 9.04. The number of hydrogen-bond acceptors (Lipinski definition) is 7. The molecular weight excluding hydrogens is 398 g/mol. The first-order valence-corrected chi connectivity index (χ1v) is 11.2. The maximum atomic E-state index is 13.6. The van der Waals surface area contributed by atoms with Crippen molar-refractivity contribution in [3.05, 3.63) is 24.3 Å². The van der Waals surface area contributed by atoms with Crippen molar-refractivity contribution in [1.82, 2.24) is 0 Å². The third-order valence-electron chi connectivity index (χ3n) is 6.31. The van der Waals surface area contributed by atoms with E-state index in [-0.39, 0.29) is 18.8 Å². The average molecular weight is 432 g/mol. The summed E-state index contributed by atoms with van der Waals surface area (Å²) in [5.74, 6) is -1.90. The standard InChI is InChI=1S/C24H33NO6/c1-6-29-21(27)24(23(4,5)20(26)30-17-12-8-7-9-13-17)22(28)31-19-15-11-10-14-18(19)25(24)16(2)3/h10-11,14-17H,6-9,12-13H2,1-5H3. The molecule has 170 valence electrons. The molecule has 2 aliphatic rings. The predicted molar refractivity (Wildman–Crippen MR) is 116 cm³/mol. The van der Waals surface area contributed by atoms with E-state index in [2.05, 4.69) is 0 Å². The summed E-state index contributed by atoms with van der Waals surface area (Å²) in [7, 11) is 0. The Morgan fingerprint density at radius 3 is 2.45 bits per heavy atom. The van der Waals surface area contributed by atoms with Crippen molar-refractivity contribution < 1.29 is 28.6 Å². The highest BCUT2D eigenvalue weighted by Crippen LogP contribution is 2.49. The van der Waals surface area contributed by atoms with Gasteiger partial charge in [0, 0.05) is 6.04 Å². The zero-order valence-electron chi connectivity index (χ0n) is 19.1. The van der Waals surface area contributed by atoms with E-state index >= 15 is 0 Å². The molecule has 1 saturated carbocycles. The summed E-state index contributed by atoms with van der Waals surface area (Å²) in [6.45, 7) is 8.60. The number of para-hydroxylation sites is 2. The Balaban J connectivity index is 2.14. The molecule has 0 bridgehead atoms. The molecule has 1 unspecified atom stereocenters. The van der Waals surface area contributed by atoms with Crippen molar-refractivity contribution >= 4 is 23.6 Å². The highest BCUT2D eigenvalue weighted by atomic mass is 16.6. The smallest absolute Gasteiger partial charge is 0.350 e. The monoisotopic (exact) mass is 431 g/mol. The van der Waals surface area contributed by atoms with Gasteiger partial charge >= 0.3 is 17.9 Å². The molecule has 1 aromatic rings. The van der Waals surface area contributed by atoms with Gasteiger partial charge in [0.1, 0.15) is 11.5 Å². The van der Waals surface area contributed by atoms with Crippen molar-refractivity contribution in [3.63, 3.8) is 0 Å². The van der Waals surface area contributed by atoms with Gasteiger partial charge < -0.3 is 19.1 Å². The molecule has 0 amide bonds. The van der Waals surface area contributed by atoms with Crippen LogP contribution < -0.4 is 9.64 Å². The maximum absolute atomic E-state index is 13.6. The van der Waals surface area contributed by atoms with Crippen LogP contribution in [0.1, 0.15) is 66.7 Å². The second-order valence-electron chi connectivity index (χ2n) is 9.04. The Bertz CT molecular complexity index is 842. The molecule has 0 aromatic heterocycles. The first kappa shape index (κ1) is 23.1. The molecule has 7 heteroatoms. The van der Waals surface area contributed by atoms with Crippen LogP contribution in [0.15, 0.2) is 24.3 Å². The lowest BCUT2D eigenvalue weighted by Crippen LogP contribution is -2.75. The van der Waals surface area contributed by atoms with Crippen LogP contribution in [0, 0.1) is 5.41 Å². The Hall–Kier alpha value is -2.57. The zero-order valence-corrected chi connectivity index (χ0v) is 19.1. The van der Waals surface area contributed by atoms with Crippen LogP contribution in [0.3, 0.4) is 0 Å². The number of benzene rings is 1. The van der Waals surface area contributed by atoms with Gasteiger partial charge in [-0.15, -0.1) is 0 Å². The van der Waals surface area contributed by atoms with Crippen LogP contribution in [-0.2, 0) is 23.9 Å². The predicted octanol–water partition coefficient (Wildman–Crippen LogP) is 4.02. The number of ether oxygens (including phenoxy) is 3. The van der Waals surface area contributed by atoms with Gasteiger partial charge in [0.2, 0.25) is 0 Å². The molecule has 0 saturated heterocycles. The second kappa shape index (κ2) is 8.89. The van der Waals surface area contributed by atoms with Gasteiger partial charge in [-0.25, -0.2) is 9.59 Å². The summed E-state index contributed by atoms with van der Waals surface area (Å²) in [6, 6.07) is 6.70. The van der Waals surface area contributed by atoms with Gasteiger partial charge in [0.25, 0.3) is 5.54 Å². The van der Waals surface area contributed by atoms with E-state index in [1.807, 2.05) is 13.8 Å². The molecule has 0 N–H and O–H groups in total.